The molecule has 9 aromatic carbocycles. The third-order valence-corrected chi connectivity index (χ3v) is 11.1. The van der Waals surface area contributed by atoms with Gasteiger partial charge in [0.2, 0.25) is 5.71 Å². The molecule has 0 atom stereocenters. The maximum Gasteiger partial charge on any atom is 0.246 e. The molecule has 0 aliphatic rings. The predicted octanol–water partition coefficient (Wildman–Crippen LogP) is 13.4. The van der Waals surface area contributed by atoms with E-state index in [1.807, 2.05) is 24.3 Å². The van der Waals surface area contributed by atoms with Gasteiger partial charge in [-0.15, -0.1) is 0 Å². The van der Waals surface area contributed by atoms with Crippen LogP contribution in [0.5, 0.6) is 0 Å². The molecule has 0 aliphatic heterocycles. The zero-order valence-corrected chi connectivity index (χ0v) is 29.0. The number of rotatable bonds is 4. The number of benzene rings is 9. The van der Waals surface area contributed by atoms with Crippen molar-refractivity contribution in [2.24, 2.45) is 0 Å². The van der Waals surface area contributed by atoms with E-state index in [0.717, 1.165) is 55.8 Å². The van der Waals surface area contributed by atoms with Gasteiger partial charge in [0.25, 0.3) is 0 Å². The Kier molecular flexibility index (Phi) is 6.02. The number of hydrogen-bond acceptors (Lipinski definition) is 3. The van der Waals surface area contributed by atoms with Gasteiger partial charge in [-0.25, -0.2) is 9.97 Å². The Morgan fingerprint density at radius 3 is 1.96 bits per heavy atom. The van der Waals surface area contributed by atoms with Gasteiger partial charge in [0.15, 0.2) is 0 Å². The first kappa shape index (κ1) is 29.3. The molecule has 0 saturated carbocycles. The smallest absolute Gasteiger partial charge is 0.246 e. The largest absolute Gasteiger partial charge is 0.436 e. The van der Waals surface area contributed by atoms with Gasteiger partial charge in [0, 0.05) is 38.4 Å². The zero-order chi connectivity index (χ0) is 35.3. The maximum atomic E-state index is 6.34. The van der Waals surface area contributed by atoms with E-state index in [2.05, 4.69) is 156 Å². The van der Waals surface area contributed by atoms with Crippen molar-refractivity contribution in [1.82, 2.24) is 14.5 Å². The summed E-state index contributed by atoms with van der Waals surface area (Å²) in [5, 5.41) is 11.2. The van der Waals surface area contributed by atoms with Crippen molar-refractivity contribution >= 4 is 76.3 Å². The lowest BCUT2D eigenvalue weighted by Gasteiger charge is -2.15. The first-order chi connectivity index (χ1) is 26.8. The summed E-state index contributed by atoms with van der Waals surface area (Å²) < 4.78 is 8.78. The molecule has 12 aromatic rings. The van der Waals surface area contributed by atoms with Crippen LogP contribution in [0, 0.1) is 0 Å². The molecular formula is C50H29N3O. The van der Waals surface area contributed by atoms with Crippen LogP contribution >= 0.6 is 0 Å². The van der Waals surface area contributed by atoms with E-state index < -0.39 is 0 Å². The Morgan fingerprint density at radius 2 is 1.07 bits per heavy atom. The summed E-state index contributed by atoms with van der Waals surface area (Å²) in [4.78, 5) is 10.7. The predicted molar refractivity (Wildman–Crippen MR) is 224 cm³/mol. The molecule has 4 heteroatoms. The zero-order valence-electron chi connectivity index (χ0n) is 29.0. The van der Waals surface area contributed by atoms with Gasteiger partial charge in [-0.3, -0.25) is 0 Å². The molecule has 0 aliphatic carbocycles. The van der Waals surface area contributed by atoms with E-state index in [1.54, 1.807) is 0 Å². The van der Waals surface area contributed by atoms with Gasteiger partial charge in [0.05, 0.1) is 16.7 Å². The fourth-order valence-electron chi connectivity index (χ4n) is 8.86. The molecule has 0 saturated heterocycles. The summed E-state index contributed by atoms with van der Waals surface area (Å²) in [6, 6.07) is 62.5. The molecule has 0 bridgehead atoms. The molecule has 0 N–H and O–H groups in total. The van der Waals surface area contributed by atoms with Crippen LogP contribution < -0.4 is 0 Å². The summed E-state index contributed by atoms with van der Waals surface area (Å²) in [6.07, 6.45) is 0. The average molecular weight is 688 g/mol. The highest BCUT2D eigenvalue weighted by atomic mass is 16.3. The first-order valence-electron chi connectivity index (χ1n) is 18.3. The SMILES string of the molecule is c1ccc(-c2ccccc2-c2nc3oc4ccccc4c3nc2-c2cccc(-n3c4cccc5c6ccccc6c6c7ccccc7cc3c6c54)c2)cc1. The monoisotopic (exact) mass is 687 g/mol. The summed E-state index contributed by atoms with van der Waals surface area (Å²) in [5.41, 5.74) is 11.3. The molecule has 3 aromatic heterocycles. The Bertz CT molecular complexity index is 3440. The second-order valence-electron chi connectivity index (χ2n) is 14.1. The molecule has 0 spiro atoms. The molecule has 3 heterocycles. The molecule has 0 radical (unpaired) electrons. The number of hydrogen-bond donors (Lipinski definition) is 0. The van der Waals surface area contributed by atoms with Crippen molar-refractivity contribution in [3.63, 3.8) is 0 Å². The van der Waals surface area contributed by atoms with E-state index >= 15 is 0 Å². The van der Waals surface area contributed by atoms with E-state index in [1.165, 1.54) is 54.1 Å². The third-order valence-electron chi connectivity index (χ3n) is 11.1. The van der Waals surface area contributed by atoms with Crippen LogP contribution in [0.2, 0.25) is 0 Å². The maximum absolute atomic E-state index is 6.34. The Labute approximate surface area is 309 Å². The van der Waals surface area contributed by atoms with Crippen LogP contribution in [0.1, 0.15) is 0 Å². The van der Waals surface area contributed by atoms with E-state index in [9.17, 15) is 0 Å². The molecule has 12 rings (SSSR count). The van der Waals surface area contributed by atoms with Crippen molar-refractivity contribution in [3.05, 3.63) is 176 Å². The Balaban J connectivity index is 1.17. The molecule has 0 unspecified atom stereocenters. The Morgan fingerprint density at radius 1 is 0.407 bits per heavy atom. The van der Waals surface area contributed by atoms with Crippen LogP contribution in [0.3, 0.4) is 0 Å². The average Bonchev–Trinajstić information content (AvgIpc) is 3.78. The van der Waals surface area contributed by atoms with Gasteiger partial charge in [-0.05, 0) is 74.5 Å². The van der Waals surface area contributed by atoms with Crippen LogP contribution in [0.25, 0.3) is 116 Å². The fourth-order valence-corrected chi connectivity index (χ4v) is 8.86. The number of aromatic nitrogens is 3. The first-order valence-corrected chi connectivity index (χ1v) is 18.3. The van der Waals surface area contributed by atoms with Crippen LogP contribution in [0.15, 0.2) is 180 Å². The lowest BCUT2D eigenvalue weighted by Crippen LogP contribution is -1.98. The van der Waals surface area contributed by atoms with Crippen molar-refractivity contribution < 1.29 is 4.42 Å². The quantitative estimate of drug-likeness (QED) is 0.173. The van der Waals surface area contributed by atoms with Crippen molar-refractivity contribution in [2.75, 3.05) is 0 Å². The van der Waals surface area contributed by atoms with Crippen molar-refractivity contribution in [2.45, 2.75) is 0 Å². The van der Waals surface area contributed by atoms with Gasteiger partial charge in [-0.1, -0.05) is 140 Å². The van der Waals surface area contributed by atoms with Crippen molar-refractivity contribution in [1.29, 1.82) is 0 Å². The molecule has 4 nitrogen and oxygen atoms in total. The normalized spacial score (nSPS) is 12.1. The van der Waals surface area contributed by atoms with Gasteiger partial charge in [0.1, 0.15) is 16.8 Å². The highest BCUT2D eigenvalue weighted by molar-refractivity contribution is 6.39. The lowest BCUT2D eigenvalue weighted by atomic mass is 9.91. The minimum atomic E-state index is 0.529. The van der Waals surface area contributed by atoms with E-state index in [4.69, 9.17) is 14.4 Å². The third kappa shape index (κ3) is 4.08. The minimum absolute atomic E-state index is 0.529. The summed E-state index contributed by atoms with van der Waals surface area (Å²) >= 11 is 0. The number of para-hydroxylation sites is 1. The topological polar surface area (TPSA) is 43.9 Å². The Hall–Kier alpha value is -7.30. The molecule has 250 valence electrons. The van der Waals surface area contributed by atoms with Gasteiger partial charge in [-0.2, -0.15) is 0 Å². The van der Waals surface area contributed by atoms with Gasteiger partial charge < -0.3 is 8.98 Å². The van der Waals surface area contributed by atoms with E-state index in [-0.39, 0.29) is 0 Å². The molecule has 0 fully saturated rings. The molecule has 54 heavy (non-hydrogen) atoms. The van der Waals surface area contributed by atoms with Crippen LogP contribution in [-0.4, -0.2) is 14.5 Å². The molecule has 0 amide bonds. The second kappa shape index (κ2) is 11.1. The van der Waals surface area contributed by atoms with Crippen LogP contribution in [-0.2, 0) is 0 Å². The minimum Gasteiger partial charge on any atom is -0.436 e. The lowest BCUT2D eigenvalue weighted by molar-refractivity contribution is 0.653. The number of furan rings is 1. The van der Waals surface area contributed by atoms with Crippen LogP contribution in [0.4, 0.5) is 0 Å². The summed E-state index contributed by atoms with van der Waals surface area (Å²) in [5.74, 6) is 0. The second-order valence-corrected chi connectivity index (χ2v) is 14.1. The molecular weight excluding hydrogens is 659 g/mol. The van der Waals surface area contributed by atoms with E-state index in [0.29, 0.717) is 5.71 Å². The summed E-state index contributed by atoms with van der Waals surface area (Å²) in [7, 11) is 0. The standard InChI is InChI=1S/C50H29N3O/c1-2-14-30(15-3-1)34-19-6-9-23-39(34)48-47(51-49-40-24-10-11-27-43(40)54-50(49)52-48)32-17-12-18-33(28-32)53-41-26-13-25-38-36-21-7-8-22-37(36)44-35-20-5-4-16-31(35)29-42(53)46(44)45(38)41/h1-29H. The fraction of sp³-hybridized carbons (Fsp3) is 0. The number of fused-ring (bicyclic) bond motifs is 8. The van der Waals surface area contributed by atoms with Crippen molar-refractivity contribution in [3.8, 4) is 39.3 Å². The number of nitrogens with zero attached hydrogens (tertiary/aromatic N) is 3. The van der Waals surface area contributed by atoms with Gasteiger partial charge >= 0.3 is 0 Å². The summed E-state index contributed by atoms with van der Waals surface area (Å²) in [6.45, 7) is 0. The highest BCUT2D eigenvalue weighted by Gasteiger charge is 2.24. The highest BCUT2D eigenvalue weighted by Crippen LogP contribution is 2.47.